The molecule has 1 fully saturated rings. The third-order valence-corrected chi connectivity index (χ3v) is 4.46. The molecule has 1 saturated heterocycles. The van der Waals surface area contributed by atoms with Crippen LogP contribution in [0.3, 0.4) is 0 Å². The van der Waals surface area contributed by atoms with Crippen LogP contribution in [-0.2, 0) is 4.79 Å². The Balaban J connectivity index is 1.73. The van der Waals surface area contributed by atoms with E-state index in [-0.39, 0.29) is 0 Å². The highest BCUT2D eigenvalue weighted by atomic mass is 35.5. The van der Waals surface area contributed by atoms with E-state index in [9.17, 15) is 9.90 Å². The van der Waals surface area contributed by atoms with Gasteiger partial charge in [0.25, 0.3) is 0 Å². The Bertz CT molecular complexity index is 679. The van der Waals surface area contributed by atoms with Gasteiger partial charge in [0.2, 0.25) is 6.10 Å². The van der Waals surface area contributed by atoms with Gasteiger partial charge in [-0.1, -0.05) is 23.7 Å². The first-order chi connectivity index (χ1) is 11.6. The summed E-state index contributed by atoms with van der Waals surface area (Å²) in [7, 11) is 0. The molecule has 1 aliphatic rings. The van der Waals surface area contributed by atoms with Crippen LogP contribution in [0.2, 0.25) is 5.02 Å². The van der Waals surface area contributed by atoms with Crippen LogP contribution in [-0.4, -0.2) is 24.2 Å². The normalized spacial score (nSPS) is 15.8. The third-order valence-electron chi connectivity index (χ3n) is 4.21. The number of ether oxygens (including phenoxy) is 1. The fourth-order valence-electron chi connectivity index (χ4n) is 2.92. The Kier molecular flexibility index (Phi) is 5.26. The average molecular weight is 346 g/mol. The first-order valence-corrected chi connectivity index (χ1v) is 8.51. The lowest BCUT2D eigenvalue weighted by Crippen LogP contribution is -2.29. The van der Waals surface area contributed by atoms with Crippen LogP contribution in [0.1, 0.15) is 30.9 Å². The van der Waals surface area contributed by atoms with E-state index >= 15 is 0 Å². The van der Waals surface area contributed by atoms with E-state index in [0.717, 1.165) is 18.8 Å². The molecule has 0 aromatic heterocycles. The number of benzene rings is 2. The van der Waals surface area contributed by atoms with Crippen LogP contribution < -0.4 is 9.64 Å². The predicted molar refractivity (Wildman–Crippen MR) is 95.0 cm³/mol. The van der Waals surface area contributed by atoms with Gasteiger partial charge in [0.15, 0.2) is 0 Å². The lowest BCUT2D eigenvalue weighted by Gasteiger charge is -2.29. The van der Waals surface area contributed by atoms with E-state index in [2.05, 4.69) is 4.90 Å². The van der Waals surface area contributed by atoms with Crippen LogP contribution in [0, 0.1) is 0 Å². The molecule has 1 unspecified atom stereocenters. The molecule has 126 valence electrons. The Morgan fingerprint density at radius 2 is 1.62 bits per heavy atom. The quantitative estimate of drug-likeness (QED) is 0.864. The zero-order chi connectivity index (χ0) is 16.9. The molecule has 0 aliphatic carbocycles. The van der Waals surface area contributed by atoms with E-state index in [1.54, 1.807) is 24.3 Å². The van der Waals surface area contributed by atoms with E-state index in [1.165, 1.54) is 19.3 Å². The standard InChI is InChI=1S/C19H20ClNO3/c20-15-6-4-14(5-7-15)18(19(22)23)24-17-10-8-16(9-11-17)21-12-2-1-3-13-21/h4-11,18H,1-3,12-13H2,(H,22,23). The van der Waals surface area contributed by atoms with Crippen LogP contribution in [0.25, 0.3) is 0 Å². The number of aliphatic carboxylic acids is 1. The molecular formula is C19H20ClNO3. The lowest BCUT2D eigenvalue weighted by molar-refractivity contribution is -0.145. The summed E-state index contributed by atoms with van der Waals surface area (Å²) in [6.07, 6.45) is 2.67. The van der Waals surface area contributed by atoms with Crippen molar-refractivity contribution in [3.63, 3.8) is 0 Å². The van der Waals surface area contributed by atoms with Crippen LogP contribution >= 0.6 is 11.6 Å². The average Bonchev–Trinajstić information content (AvgIpc) is 2.62. The van der Waals surface area contributed by atoms with Gasteiger partial charge in [0, 0.05) is 29.4 Å². The van der Waals surface area contributed by atoms with Crippen molar-refractivity contribution >= 4 is 23.3 Å². The first kappa shape index (κ1) is 16.7. The molecule has 0 bridgehead atoms. The lowest BCUT2D eigenvalue weighted by atomic mass is 10.1. The molecule has 2 aromatic rings. The second kappa shape index (κ2) is 7.58. The van der Waals surface area contributed by atoms with Gasteiger partial charge >= 0.3 is 5.97 Å². The number of hydrogen-bond donors (Lipinski definition) is 1. The number of piperidine rings is 1. The zero-order valence-electron chi connectivity index (χ0n) is 13.3. The number of nitrogens with zero attached hydrogens (tertiary/aromatic N) is 1. The van der Waals surface area contributed by atoms with Gasteiger partial charge in [-0.05, 0) is 55.7 Å². The van der Waals surface area contributed by atoms with Crippen molar-refractivity contribution < 1.29 is 14.6 Å². The van der Waals surface area contributed by atoms with Crippen molar-refractivity contribution in [2.24, 2.45) is 0 Å². The maximum atomic E-state index is 11.5. The summed E-state index contributed by atoms with van der Waals surface area (Å²) >= 11 is 5.85. The molecule has 3 rings (SSSR count). The summed E-state index contributed by atoms with van der Waals surface area (Å²) in [4.78, 5) is 13.9. The minimum Gasteiger partial charge on any atom is -0.478 e. The number of carboxylic acid groups (broad SMARTS) is 1. The first-order valence-electron chi connectivity index (χ1n) is 8.13. The fourth-order valence-corrected chi connectivity index (χ4v) is 3.05. The molecule has 0 spiro atoms. The highest BCUT2D eigenvalue weighted by Crippen LogP contribution is 2.27. The summed E-state index contributed by atoms with van der Waals surface area (Å²) in [5, 5.41) is 10.0. The Morgan fingerprint density at radius 3 is 2.21 bits per heavy atom. The molecular weight excluding hydrogens is 326 g/mol. The van der Waals surface area contributed by atoms with Crippen molar-refractivity contribution in [1.82, 2.24) is 0 Å². The minimum atomic E-state index is -1.05. The second-order valence-electron chi connectivity index (χ2n) is 5.93. The molecule has 5 heteroatoms. The van der Waals surface area contributed by atoms with E-state index in [4.69, 9.17) is 16.3 Å². The molecule has 4 nitrogen and oxygen atoms in total. The largest absolute Gasteiger partial charge is 0.478 e. The molecule has 0 amide bonds. The molecule has 2 aromatic carbocycles. The van der Waals surface area contributed by atoms with E-state index in [1.807, 2.05) is 24.3 Å². The number of carbonyl (C=O) groups is 1. The molecule has 1 atom stereocenters. The number of halogens is 1. The topological polar surface area (TPSA) is 49.8 Å². The van der Waals surface area contributed by atoms with Gasteiger partial charge < -0.3 is 14.7 Å². The van der Waals surface area contributed by atoms with Crippen LogP contribution in [0.4, 0.5) is 5.69 Å². The predicted octanol–water partition coefficient (Wildman–Crippen LogP) is 4.54. The van der Waals surface area contributed by atoms with Gasteiger partial charge in [0.05, 0.1) is 0 Å². The molecule has 1 heterocycles. The van der Waals surface area contributed by atoms with Gasteiger partial charge in [0.1, 0.15) is 5.75 Å². The molecule has 1 aliphatic heterocycles. The molecule has 0 radical (unpaired) electrons. The monoisotopic (exact) mass is 345 g/mol. The summed E-state index contributed by atoms with van der Waals surface area (Å²) in [6.45, 7) is 2.14. The Labute approximate surface area is 146 Å². The second-order valence-corrected chi connectivity index (χ2v) is 6.37. The van der Waals surface area contributed by atoms with Crippen molar-refractivity contribution in [2.75, 3.05) is 18.0 Å². The van der Waals surface area contributed by atoms with E-state index < -0.39 is 12.1 Å². The maximum Gasteiger partial charge on any atom is 0.349 e. The smallest absolute Gasteiger partial charge is 0.349 e. The van der Waals surface area contributed by atoms with Crippen molar-refractivity contribution in [1.29, 1.82) is 0 Å². The van der Waals surface area contributed by atoms with Gasteiger partial charge in [-0.2, -0.15) is 0 Å². The van der Waals surface area contributed by atoms with Crippen molar-refractivity contribution in [2.45, 2.75) is 25.4 Å². The SMILES string of the molecule is O=C(O)C(Oc1ccc(N2CCCCC2)cc1)c1ccc(Cl)cc1. The number of rotatable bonds is 5. The maximum absolute atomic E-state index is 11.5. The number of anilines is 1. The number of hydrogen-bond acceptors (Lipinski definition) is 3. The van der Waals surface area contributed by atoms with Crippen molar-refractivity contribution in [3.05, 3.63) is 59.1 Å². The molecule has 0 saturated carbocycles. The summed E-state index contributed by atoms with van der Waals surface area (Å²) < 4.78 is 5.68. The summed E-state index contributed by atoms with van der Waals surface area (Å²) in [6, 6.07) is 14.3. The van der Waals surface area contributed by atoms with Crippen LogP contribution in [0.15, 0.2) is 48.5 Å². The highest BCUT2D eigenvalue weighted by molar-refractivity contribution is 6.30. The highest BCUT2D eigenvalue weighted by Gasteiger charge is 2.22. The molecule has 1 N–H and O–H groups in total. The minimum absolute atomic E-state index is 0.540. The zero-order valence-corrected chi connectivity index (χ0v) is 14.1. The van der Waals surface area contributed by atoms with Gasteiger partial charge in [-0.15, -0.1) is 0 Å². The Hall–Kier alpha value is -2.20. The van der Waals surface area contributed by atoms with Crippen LogP contribution in [0.5, 0.6) is 5.75 Å². The molecule has 24 heavy (non-hydrogen) atoms. The summed E-state index contributed by atoms with van der Waals surface area (Å²) in [5.41, 5.74) is 1.72. The van der Waals surface area contributed by atoms with Crippen molar-refractivity contribution in [3.8, 4) is 5.75 Å². The van der Waals surface area contributed by atoms with Gasteiger partial charge in [-0.3, -0.25) is 0 Å². The third kappa shape index (κ3) is 4.01. The summed E-state index contributed by atoms with van der Waals surface area (Å²) in [5.74, 6) is -0.490. The number of carboxylic acids is 1. The Morgan fingerprint density at radius 1 is 1.00 bits per heavy atom. The van der Waals surface area contributed by atoms with Gasteiger partial charge in [-0.25, -0.2) is 4.79 Å². The fraction of sp³-hybridized carbons (Fsp3) is 0.316. The van der Waals surface area contributed by atoms with E-state index in [0.29, 0.717) is 16.3 Å².